The van der Waals surface area contributed by atoms with Crippen LogP contribution in [0.3, 0.4) is 0 Å². The molecule has 0 atom stereocenters. The van der Waals surface area contributed by atoms with E-state index in [9.17, 15) is 0 Å². The zero-order valence-corrected chi connectivity index (χ0v) is 29.7. The molecule has 1 radical (unpaired) electrons. The third-order valence-corrected chi connectivity index (χ3v) is 8.19. The summed E-state index contributed by atoms with van der Waals surface area (Å²) in [5, 5.41) is 4.15. The van der Waals surface area contributed by atoms with Crippen molar-refractivity contribution >= 4 is 43.9 Å². The Bertz CT molecular complexity index is 2340. The Kier molecular flexibility index (Phi) is 8.60. The summed E-state index contributed by atoms with van der Waals surface area (Å²) in [5.41, 5.74) is 8.49. The Morgan fingerprint density at radius 3 is 2.06 bits per heavy atom. The topological polar surface area (TPSA) is 65.0 Å². The molecule has 0 aliphatic carbocycles. The minimum atomic E-state index is -0.0645. The fourth-order valence-electron chi connectivity index (χ4n) is 5.62. The van der Waals surface area contributed by atoms with Gasteiger partial charge in [0.05, 0.1) is 11.4 Å². The minimum Gasteiger partial charge on any atom is -0.501 e. The summed E-state index contributed by atoms with van der Waals surface area (Å²) >= 11 is 0. The van der Waals surface area contributed by atoms with Gasteiger partial charge in [-0.05, 0) is 47.0 Å². The van der Waals surface area contributed by atoms with Crippen molar-refractivity contribution < 1.29 is 28.9 Å². The van der Waals surface area contributed by atoms with E-state index in [1.54, 1.807) is 6.20 Å². The first-order valence-corrected chi connectivity index (χ1v) is 15.5. The second-order valence-electron chi connectivity index (χ2n) is 13.6. The summed E-state index contributed by atoms with van der Waals surface area (Å²) < 4.78 is 12.4. The summed E-state index contributed by atoms with van der Waals surface area (Å²) in [6.07, 6.45) is 3.67. The van der Waals surface area contributed by atoms with E-state index in [0.29, 0.717) is 5.82 Å². The molecular formula is C41H35IrN3O2-2. The number of fused-ring (bicyclic) bond motifs is 6. The van der Waals surface area contributed by atoms with Crippen molar-refractivity contribution in [2.24, 2.45) is 0 Å². The van der Waals surface area contributed by atoms with E-state index >= 15 is 0 Å². The van der Waals surface area contributed by atoms with Gasteiger partial charge in [-0.25, -0.2) is 0 Å². The van der Waals surface area contributed by atoms with Gasteiger partial charge < -0.3 is 13.8 Å². The van der Waals surface area contributed by atoms with Gasteiger partial charge in [-0.3, -0.25) is 9.97 Å². The molecule has 47 heavy (non-hydrogen) atoms. The number of hydrogen-bond donors (Lipinski definition) is 0. The normalized spacial score (nSPS) is 11.9. The molecular weight excluding hydrogens is 759 g/mol. The molecule has 0 saturated heterocycles. The minimum absolute atomic E-state index is 0. The second kappa shape index (κ2) is 12.5. The van der Waals surface area contributed by atoms with E-state index < -0.39 is 0 Å². The molecule has 0 fully saturated rings. The second-order valence-corrected chi connectivity index (χ2v) is 13.6. The van der Waals surface area contributed by atoms with Crippen molar-refractivity contribution in [1.82, 2.24) is 15.0 Å². The number of furan rings is 2. The van der Waals surface area contributed by atoms with Crippen molar-refractivity contribution in [2.45, 2.75) is 52.4 Å². The first-order valence-electron chi connectivity index (χ1n) is 15.5. The largest absolute Gasteiger partial charge is 0.501 e. The van der Waals surface area contributed by atoms with E-state index in [-0.39, 0.29) is 30.9 Å². The van der Waals surface area contributed by atoms with E-state index in [0.717, 1.165) is 66.4 Å². The third-order valence-electron chi connectivity index (χ3n) is 8.19. The van der Waals surface area contributed by atoms with Crippen molar-refractivity contribution in [2.75, 3.05) is 0 Å². The van der Waals surface area contributed by atoms with Crippen molar-refractivity contribution in [3.05, 3.63) is 127 Å². The van der Waals surface area contributed by atoms with Crippen LogP contribution >= 0.6 is 0 Å². The zero-order valence-electron chi connectivity index (χ0n) is 27.3. The molecule has 237 valence electrons. The van der Waals surface area contributed by atoms with E-state index in [1.807, 2.05) is 66.9 Å². The Labute approximate surface area is 288 Å². The molecule has 0 bridgehead atoms. The summed E-state index contributed by atoms with van der Waals surface area (Å²) in [6.45, 7) is 13.1. The SMILES string of the molecule is CC(C)(C)c1ccnc(-c2[c-]ccc3c2oc2cc4c(cc23)oc2ccccc24)n1.CC(C)(C)c1ccnc(-c2[c-]cccc2)c1.[Ir]. The van der Waals surface area contributed by atoms with Gasteiger partial charge in [0.25, 0.3) is 0 Å². The summed E-state index contributed by atoms with van der Waals surface area (Å²) in [4.78, 5) is 13.7. The molecule has 0 aliphatic heterocycles. The van der Waals surface area contributed by atoms with Gasteiger partial charge in [0.2, 0.25) is 0 Å². The molecule has 4 aromatic carbocycles. The fraction of sp³-hybridized carbons (Fsp3) is 0.195. The van der Waals surface area contributed by atoms with Crippen LogP contribution in [-0.2, 0) is 30.9 Å². The van der Waals surface area contributed by atoms with Crippen molar-refractivity contribution in [1.29, 1.82) is 0 Å². The molecule has 8 rings (SSSR count). The fourth-order valence-corrected chi connectivity index (χ4v) is 5.62. The van der Waals surface area contributed by atoms with Gasteiger partial charge in [-0.1, -0.05) is 76.8 Å². The molecule has 0 aliphatic rings. The number of pyridine rings is 1. The first-order chi connectivity index (χ1) is 22.1. The molecule has 0 unspecified atom stereocenters. The van der Waals surface area contributed by atoms with Crippen LogP contribution in [0, 0.1) is 12.1 Å². The van der Waals surface area contributed by atoms with Gasteiger partial charge in [0, 0.05) is 59.8 Å². The molecule has 0 spiro atoms. The average Bonchev–Trinajstić information content (AvgIpc) is 3.61. The van der Waals surface area contributed by atoms with Gasteiger partial charge in [0.1, 0.15) is 16.7 Å². The Balaban J connectivity index is 0.000000194. The molecule has 4 heterocycles. The smallest absolute Gasteiger partial charge is 0.136 e. The van der Waals surface area contributed by atoms with Gasteiger partial charge in [0.15, 0.2) is 0 Å². The number of hydrogen-bond acceptors (Lipinski definition) is 5. The van der Waals surface area contributed by atoms with Crippen LogP contribution in [0.5, 0.6) is 0 Å². The summed E-state index contributed by atoms with van der Waals surface area (Å²) in [6, 6.07) is 36.7. The predicted molar refractivity (Wildman–Crippen MR) is 187 cm³/mol. The van der Waals surface area contributed by atoms with Crippen LogP contribution in [0.25, 0.3) is 66.5 Å². The maximum atomic E-state index is 6.34. The Hall–Kier alpha value is -4.64. The van der Waals surface area contributed by atoms with E-state index in [1.165, 1.54) is 5.56 Å². The van der Waals surface area contributed by atoms with Gasteiger partial charge >= 0.3 is 0 Å². The number of aromatic nitrogens is 3. The number of nitrogens with zero attached hydrogens (tertiary/aromatic N) is 3. The number of para-hydroxylation sites is 1. The zero-order chi connectivity index (χ0) is 32.1. The maximum Gasteiger partial charge on any atom is 0.136 e. The van der Waals surface area contributed by atoms with Crippen LogP contribution in [-0.4, -0.2) is 15.0 Å². The van der Waals surface area contributed by atoms with Crippen molar-refractivity contribution in [3.8, 4) is 22.6 Å². The molecule has 6 heteroatoms. The van der Waals surface area contributed by atoms with Crippen LogP contribution in [0.1, 0.15) is 52.8 Å². The summed E-state index contributed by atoms with van der Waals surface area (Å²) in [5.74, 6) is 0.626. The molecule has 0 saturated carbocycles. The Morgan fingerprint density at radius 1 is 0.596 bits per heavy atom. The molecule has 4 aromatic heterocycles. The van der Waals surface area contributed by atoms with Gasteiger partial charge in [-0.15, -0.1) is 54.1 Å². The van der Waals surface area contributed by atoms with Crippen LogP contribution in [0.4, 0.5) is 0 Å². The molecule has 8 aromatic rings. The van der Waals surface area contributed by atoms with Crippen molar-refractivity contribution in [3.63, 3.8) is 0 Å². The number of rotatable bonds is 2. The van der Waals surface area contributed by atoms with Crippen LogP contribution in [0.2, 0.25) is 0 Å². The quantitative estimate of drug-likeness (QED) is 0.163. The molecule has 0 amide bonds. The summed E-state index contributed by atoms with van der Waals surface area (Å²) in [7, 11) is 0. The monoisotopic (exact) mass is 794 g/mol. The van der Waals surface area contributed by atoms with Crippen LogP contribution in [0.15, 0.2) is 112 Å². The predicted octanol–water partition coefficient (Wildman–Crippen LogP) is 10.9. The molecule has 5 nitrogen and oxygen atoms in total. The van der Waals surface area contributed by atoms with E-state index in [2.05, 4.69) is 94.0 Å². The average molecular weight is 794 g/mol. The number of benzene rings is 4. The van der Waals surface area contributed by atoms with Crippen LogP contribution < -0.4 is 0 Å². The third kappa shape index (κ3) is 6.36. The van der Waals surface area contributed by atoms with E-state index in [4.69, 9.17) is 13.8 Å². The molecule has 0 N–H and O–H groups in total. The van der Waals surface area contributed by atoms with Gasteiger partial charge in [-0.2, -0.15) is 0 Å². The first kappa shape index (κ1) is 32.3. The standard InChI is InChI=1S/C26H19N2O2.C15H16N.Ir/c1-26(2,3)23-11-12-27-25(28-23)17-9-6-8-16-19-14-21-18(13-22(19)30-24(16)17)15-7-4-5-10-20(15)29-21;1-15(2,3)13-9-10-16-14(11-13)12-7-5-4-6-8-12;/h4-8,10-14H,1-3H3;4-7,9-11H,1-3H3;/q2*-1;. The maximum absolute atomic E-state index is 6.34. The Morgan fingerprint density at radius 2 is 1.32 bits per heavy atom.